The van der Waals surface area contributed by atoms with Crippen molar-refractivity contribution in [2.75, 3.05) is 11.4 Å². The maximum Gasteiger partial charge on any atom is 0.514 e. The van der Waals surface area contributed by atoms with E-state index in [1.807, 2.05) is 67.5 Å². The summed E-state index contributed by atoms with van der Waals surface area (Å²) in [6.07, 6.45) is 0.239. The lowest BCUT2D eigenvalue weighted by atomic mass is 9.84. The van der Waals surface area contributed by atoms with Crippen molar-refractivity contribution in [1.82, 2.24) is 20.1 Å². The van der Waals surface area contributed by atoms with Crippen molar-refractivity contribution < 1.29 is 18.9 Å². The smallest absolute Gasteiger partial charge is 0.398 e. The number of carbonyl (C=O) groups excluding carboxylic acids is 2. The Labute approximate surface area is 184 Å². The summed E-state index contributed by atoms with van der Waals surface area (Å²) in [6.45, 7) is 16.2. The highest BCUT2D eigenvalue weighted by atomic mass is 16.7. The molecule has 2 fully saturated rings. The van der Waals surface area contributed by atoms with Gasteiger partial charge in [0.25, 0.3) is 0 Å². The lowest BCUT2D eigenvalue weighted by Gasteiger charge is -2.32. The fourth-order valence-corrected chi connectivity index (χ4v) is 3.19. The van der Waals surface area contributed by atoms with Crippen LogP contribution in [0.2, 0.25) is 0 Å². The van der Waals surface area contributed by atoms with Gasteiger partial charge in [0, 0.05) is 20.0 Å². The summed E-state index contributed by atoms with van der Waals surface area (Å²) < 4.78 is 13.7. The van der Waals surface area contributed by atoms with Crippen LogP contribution in [0.15, 0.2) is 12.1 Å². The van der Waals surface area contributed by atoms with E-state index in [2.05, 4.69) is 15.4 Å². The molecule has 3 amide bonds. The molecule has 10 heteroatoms. The standard InChI is InChI=1S/C17H22BN5O4.2C2H6/c1-16(2)17(3,4)27-18(26-16)11-7-6-10-13(19-11)22(5)21-14(10)23-9-8-12(24)20-15(23)25;2*1-2/h6-7H,8-9H2,1-5H3,(H,20,24,25);2*1-2H3. The number of aromatic nitrogens is 3. The van der Waals surface area contributed by atoms with Gasteiger partial charge in [-0.05, 0) is 39.8 Å². The Kier molecular flexibility index (Phi) is 7.49. The number of aryl methyl sites for hydroxylation is 1. The molecule has 0 unspecified atom stereocenters. The number of nitrogens with zero attached hydrogens (tertiary/aromatic N) is 4. The first kappa shape index (κ1) is 24.8. The molecule has 0 aromatic carbocycles. The second kappa shape index (κ2) is 9.36. The van der Waals surface area contributed by atoms with Crippen LogP contribution < -0.4 is 15.8 Å². The molecule has 1 N–H and O–H groups in total. The van der Waals surface area contributed by atoms with Crippen molar-refractivity contribution >= 4 is 41.5 Å². The van der Waals surface area contributed by atoms with E-state index in [0.717, 1.165) is 5.39 Å². The maximum atomic E-state index is 12.2. The van der Waals surface area contributed by atoms with Crippen molar-refractivity contribution in [3.05, 3.63) is 12.1 Å². The largest absolute Gasteiger partial charge is 0.514 e. The molecular weight excluding hydrogens is 397 g/mol. The number of amides is 3. The number of fused-ring (bicyclic) bond motifs is 1. The molecule has 2 aromatic heterocycles. The molecule has 2 aliphatic heterocycles. The first-order valence-electron chi connectivity index (χ1n) is 10.9. The van der Waals surface area contributed by atoms with Gasteiger partial charge in [-0.2, -0.15) is 5.10 Å². The van der Waals surface area contributed by atoms with Gasteiger partial charge in [0.15, 0.2) is 11.5 Å². The molecule has 0 saturated carbocycles. The van der Waals surface area contributed by atoms with Gasteiger partial charge in [0.05, 0.1) is 22.2 Å². The summed E-state index contributed by atoms with van der Waals surface area (Å²) in [5.74, 6) is 0.197. The van der Waals surface area contributed by atoms with E-state index in [9.17, 15) is 9.59 Å². The Hall–Kier alpha value is -2.46. The predicted molar refractivity (Wildman–Crippen MR) is 122 cm³/mol. The van der Waals surface area contributed by atoms with Gasteiger partial charge in [-0.3, -0.25) is 15.0 Å². The molecule has 170 valence electrons. The third-order valence-electron chi connectivity index (χ3n) is 5.49. The molecule has 0 spiro atoms. The normalized spacial score (nSPS) is 19.4. The van der Waals surface area contributed by atoms with Gasteiger partial charge in [-0.25, -0.2) is 14.5 Å². The first-order valence-corrected chi connectivity index (χ1v) is 10.9. The summed E-state index contributed by atoms with van der Waals surface area (Å²) in [5.41, 5.74) is 0.352. The highest BCUT2D eigenvalue weighted by Crippen LogP contribution is 2.36. The zero-order chi connectivity index (χ0) is 23.6. The number of hydrogen-bond donors (Lipinski definition) is 1. The summed E-state index contributed by atoms with van der Waals surface area (Å²) in [7, 11) is 1.19. The summed E-state index contributed by atoms with van der Waals surface area (Å²) >= 11 is 0. The Morgan fingerprint density at radius 1 is 1.03 bits per heavy atom. The molecule has 31 heavy (non-hydrogen) atoms. The van der Waals surface area contributed by atoms with Crippen molar-refractivity contribution in [2.24, 2.45) is 7.05 Å². The van der Waals surface area contributed by atoms with Crippen LogP contribution >= 0.6 is 0 Å². The molecule has 2 aliphatic rings. The molecule has 9 nitrogen and oxygen atoms in total. The number of rotatable bonds is 2. The predicted octanol–water partition coefficient (Wildman–Crippen LogP) is 2.77. The van der Waals surface area contributed by atoms with Gasteiger partial charge in [-0.1, -0.05) is 27.7 Å². The monoisotopic (exact) mass is 431 g/mol. The molecule has 0 bridgehead atoms. The fourth-order valence-electron chi connectivity index (χ4n) is 3.19. The highest BCUT2D eigenvalue weighted by Gasteiger charge is 2.52. The second-order valence-electron chi connectivity index (χ2n) is 7.90. The average molecular weight is 431 g/mol. The Bertz CT molecular complexity index is 941. The van der Waals surface area contributed by atoms with Crippen molar-refractivity contribution in [2.45, 2.75) is 73.0 Å². The van der Waals surface area contributed by atoms with Crippen molar-refractivity contribution in [3.63, 3.8) is 0 Å². The van der Waals surface area contributed by atoms with Crippen molar-refractivity contribution in [1.29, 1.82) is 0 Å². The van der Waals surface area contributed by atoms with E-state index >= 15 is 0 Å². The van der Waals surface area contributed by atoms with Gasteiger partial charge in [-0.15, -0.1) is 0 Å². The third kappa shape index (κ3) is 4.59. The number of hydrogen-bond acceptors (Lipinski definition) is 6. The quantitative estimate of drug-likeness (QED) is 0.735. The first-order chi connectivity index (χ1) is 14.6. The van der Waals surface area contributed by atoms with E-state index < -0.39 is 24.4 Å². The number of pyridine rings is 1. The molecule has 2 saturated heterocycles. The maximum absolute atomic E-state index is 12.2. The number of anilines is 1. The lowest BCUT2D eigenvalue weighted by molar-refractivity contribution is -0.120. The van der Waals surface area contributed by atoms with Crippen LogP contribution in [-0.2, 0) is 21.2 Å². The van der Waals surface area contributed by atoms with Crippen LogP contribution in [-0.4, -0.2) is 51.6 Å². The van der Waals surface area contributed by atoms with E-state index in [4.69, 9.17) is 9.31 Å². The van der Waals surface area contributed by atoms with Crippen molar-refractivity contribution in [3.8, 4) is 0 Å². The van der Waals surface area contributed by atoms with Gasteiger partial charge < -0.3 is 9.31 Å². The summed E-state index contributed by atoms with van der Waals surface area (Å²) in [5, 5.41) is 7.48. The Balaban J connectivity index is 0.000000807. The van der Waals surface area contributed by atoms with E-state index in [-0.39, 0.29) is 18.9 Å². The zero-order valence-corrected chi connectivity index (χ0v) is 20.1. The molecule has 0 atom stereocenters. The Morgan fingerprint density at radius 3 is 2.16 bits per heavy atom. The molecular formula is C21H34BN5O4. The lowest BCUT2D eigenvalue weighted by Crippen LogP contribution is -2.49. The number of carbonyl (C=O) groups is 2. The summed E-state index contributed by atoms with van der Waals surface area (Å²) in [6, 6.07) is 3.21. The highest BCUT2D eigenvalue weighted by molar-refractivity contribution is 6.61. The minimum atomic E-state index is -0.575. The fraction of sp³-hybridized carbons (Fsp3) is 0.619. The van der Waals surface area contributed by atoms with Gasteiger partial charge in [0.1, 0.15) is 0 Å². The van der Waals surface area contributed by atoms with E-state index in [1.54, 1.807) is 11.7 Å². The topological polar surface area (TPSA) is 98.6 Å². The van der Waals surface area contributed by atoms with Crippen LogP contribution in [0.25, 0.3) is 11.0 Å². The van der Waals surface area contributed by atoms with E-state index in [1.165, 1.54) is 4.90 Å². The summed E-state index contributed by atoms with van der Waals surface area (Å²) in [4.78, 5) is 29.7. The van der Waals surface area contributed by atoms with Crippen LogP contribution in [0.5, 0.6) is 0 Å². The molecule has 0 radical (unpaired) electrons. The van der Waals surface area contributed by atoms with Crippen LogP contribution in [0.3, 0.4) is 0 Å². The molecule has 4 heterocycles. The third-order valence-corrected chi connectivity index (χ3v) is 5.49. The molecule has 0 aliphatic carbocycles. The number of urea groups is 1. The van der Waals surface area contributed by atoms with Crippen LogP contribution in [0.4, 0.5) is 10.6 Å². The Morgan fingerprint density at radius 2 is 1.61 bits per heavy atom. The van der Waals surface area contributed by atoms with Gasteiger partial charge >= 0.3 is 13.1 Å². The SMILES string of the molecule is CC.CC.Cn1nc(N2CCC(=O)NC2=O)c2ccc(B3OC(C)(C)C(C)(C)O3)nc21. The number of nitrogens with one attached hydrogen (secondary N) is 1. The van der Waals surface area contributed by atoms with Crippen LogP contribution in [0, 0.1) is 0 Å². The molecule has 4 rings (SSSR count). The zero-order valence-electron chi connectivity index (χ0n) is 20.1. The van der Waals surface area contributed by atoms with Gasteiger partial charge in [0.2, 0.25) is 5.91 Å². The van der Waals surface area contributed by atoms with Crippen LogP contribution in [0.1, 0.15) is 61.8 Å². The number of imide groups is 1. The van der Waals surface area contributed by atoms with E-state index in [0.29, 0.717) is 17.1 Å². The minimum absolute atomic E-state index is 0.239. The average Bonchev–Trinajstić information content (AvgIpc) is 3.17. The molecule has 2 aromatic rings. The minimum Gasteiger partial charge on any atom is -0.398 e. The second-order valence-corrected chi connectivity index (χ2v) is 7.90.